The predicted molar refractivity (Wildman–Crippen MR) is 434 cm³/mol. The summed E-state index contributed by atoms with van der Waals surface area (Å²) in [5.74, 6) is -16.1. The number of hydrogen-bond acceptors (Lipinski definition) is 23. The number of para-hydroxylation sites is 1. The molecular weight excluding hydrogens is 1580 g/mol. The summed E-state index contributed by atoms with van der Waals surface area (Å²) in [6, 6.07) is -12.3. The first-order valence-corrected chi connectivity index (χ1v) is 39.9. The Morgan fingerprint density at radius 3 is 1.06 bits per heavy atom. The number of guanidine groups is 4. The van der Waals surface area contributed by atoms with E-state index < -0.39 is 193 Å². The topological polar surface area (TPSA) is 843 Å². The summed E-state index contributed by atoms with van der Waals surface area (Å²) in [6.07, 6.45) is 1.82. The molecule has 652 valence electrons. The van der Waals surface area contributed by atoms with Crippen molar-refractivity contribution >= 4 is 153 Å². The van der Waals surface area contributed by atoms with Crippen LogP contribution < -0.4 is 142 Å². The van der Waals surface area contributed by atoms with E-state index in [4.69, 9.17) is 73.2 Å². The normalized spacial score (nSPS) is 13.6. The molecule has 0 bridgehead atoms. The van der Waals surface area contributed by atoms with Crippen molar-refractivity contribution in [3.8, 4) is 0 Å². The number of carbonyl (C=O) groups excluding carboxylic acids is 15. The molecule has 0 saturated carbocycles. The molecule has 0 spiro atoms. The molecule has 117 heavy (non-hydrogen) atoms. The zero-order valence-electron chi connectivity index (χ0n) is 65.1. The van der Waals surface area contributed by atoms with Crippen LogP contribution in [0.3, 0.4) is 0 Å². The van der Waals surface area contributed by atoms with Gasteiger partial charge in [-0.25, -0.2) is 14.4 Å². The lowest BCUT2D eigenvalue weighted by molar-refractivity contribution is -0.142. The van der Waals surface area contributed by atoms with Crippen LogP contribution in [0.4, 0.5) is 9.59 Å². The highest BCUT2D eigenvalue weighted by Crippen LogP contribution is 2.20. The number of thioether (sulfide) groups is 2. The molecule has 1 heterocycles. The van der Waals surface area contributed by atoms with Crippen molar-refractivity contribution in [1.82, 2.24) is 95.4 Å². The number of primary amides is 4. The standard InChI is InChI=1S/C67H115N31O17S2/c1-116-27-19-42(56(107)92-40(16-8-25-85-66(79)114)54(105)95-44(61(112)113)18-10-24-84-65(77)78)89-50(101)33-88-52(103)38(14-6-22-82-63(73)74)90-58(109)45(29-34-32-87-37-13-4-3-11-35(34)37)97-55(106)41(17-9-26-86-67(80)115)91-53(104)39(15-7-23-83-64(75)76)93-60(111)47(31-49(70)100)98-57(108)43(20-28-117-2)94-59(110)46(30-48(69)99)96-51(102)36(68)12-5-21-81-62(71)72/h3-4,11,13,32,36,38-47,87H,5-10,12,14-31,33,68H2,1-2H3,(H2,69,99)(H2,70,100)(H,88,103)(H,89,101)(H,90,109)(H,91,104)(H,92,107)(H,93,111)(H,94,110)(H,95,105)(H,96,102)(H,97,106)(H,98,108)(H,112,113)(H4,71,72,81)(H4,73,74,82)(H4,75,76,83)(H4,77,78,84)(H3,79,85,114)(H3,80,86,115)/t36-,38-,39-,40-,41-,42-,43-,44-,45-,46-,47-/m0/s1. The maximum Gasteiger partial charge on any atom is 0.326 e. The molecule has 2 aromatic rings. The van der Waals surface area contributed by atoms with E-state index in [1.54, 1.807) is 43.0 Å². The van der Waals surface area contributed by atoms with Crippen molar-refractivity contribution in [2.24, 2.45) is 51.6 Å². The van der Waals surface area contributed by atoms with Gasteiger partial charge in [0.25, 0.3) is 0 Å². The Labute approximate surface area is 682 Å². The zero-order chi connectivity index (χ0) is 87.7. The minimum atomic E-state index is -1.91. The molecule has 0 unspecified atom stereocenters. The SMILES string of the molecule is CSCC[C@H](NC(=O)CNC(=O)[C@H](CCCNC(=N)N)NC(=O)[C@H](Cc1c[nH]c2ccccc12)NC(=O)[C@H](CCCNC(N)=O)NC(=O)[C@H](CCCNC(=N)N)NC(=O)[C@H](CC(N)=O)NC(=O)[C@H](CCSC)NC(=O)[C@H](CC(N)=O)NC(=O)[C@@H](N)CCCNC(=N)N)C(=O)N[C@@H](CCCNC(N)=O)C(=O)N[C@@H](CCCNC(=N)N)C(=O)O. The third-order valence-electron chi connectivity index (χ3n) is 17.1. The number of hydrogen-bond donors (Lipinski definition) is 32. The van der Waals surface area contributed by atoms with Gasteiger partial charge in [0, 0.05) is 62.8 Å². The first-order valence-electron chi connectivity index (χ1n) is 37.1. The van der Waals surface area contributed by atoms with E-state index in [9.17, 15) is 72.2 Å². The van der Waals surface area contributed by atoms with Gasteiger partial charge in [0.15, 0.2) is 23.8 Å². The van der Waals surface area contributed by atoms with E-state index in [2.05, 4.69) is 95.4 Å². The van der Waals surface area contributed by atoms with E-state index in [0.29, 0.717) is 16.5 Å². The second-order valence-corrected chi connectivity index (χ2v) is 28.6. The summed E-state index contributed by atoms with van der Waals surface area (Å²) in [6.45, 7) is -0.935. The van der Waals surface area contributed by atoms with Crippen LogP contribution >= 0.6 is 23.5 Å². The number of fused-ring (bicyclic) bond motifs is 1. The Kier molecular flexibility index (Phi) is 47.5. The van der Waals surface area contributed by atoms with Gasteiger partial charge < -0.3 is 152 Å². The van der Waals surface area contributed by atoms with E-state index in [1.807, 2.05) is 0 Å². The third kappa shape index (κ3) is 42.5. The average Bonchev–Trinajstić information content (AvgIpc) is 1.70. The second kappa shape index (κ2) is 55.2. The fourth-order valence-corrected chi connectivity index (χ4v) is 12.1. The highest BCUT2D eigenvalue weighted by molar-refractivity contribution is 7.98. The second-order valence-electron chi connectivity index (χ2n) is 26.6. The Bertz CT molecular complexity index is 3740. The van der Waals surface area contributed by atoms with Crippen LogP contribution in [0.25, 0.3) is 10.9 Å². The average molecular weight is 1690 g/mol. The van der Waals surface area contributed by atoms with Crippen molar-refractivity contribution < 1.29 is 81.8 Å². The lowest BCUT2D eigenvalue weighted by Gasteiger charge is -2.28. The number of carboxylic acids is 1. The molecule has 0 fully saturated rings. The monoisotopic (exact) mass is 1690 g/mol. The summed E-state index contributed by atoms with van der Waals surface area (Å²) < 4.78 is 0. The van der Waals surface area contributed by atoms with E-state index >= 15 is 9.59 Å². The lowest BCUT2D eigenvalue weighted by Crippen LogP contribution is -2.61. The minimum Gasteiger partial charge on any atom is -0.480 e. The van der Waals surface area contributed by atoms with Crippen molar-refractivity contribution in [3.05, 3.63) is 36.0 Å². The van der Waals surface area contributed by atoms with Gasteiger partial charge in [-0.15, -0.1) is 0 Å². The van der Waals surface area contributed by atoms with Crippen molar-refractivity contribution in [2.45, 2.75) is 176 Å². The number of carbonyl (C=O) groups is 16. The van der Waals surface area contributed by atoms with Gasteiger partial charge in [-0.05, 0) is 126 Å². The minimum absolute atomic E-state index is 0.0187. The number of benzene rings is 1. The zero-order valence-corrected chi connectivity index (χ0v) is 66.7. The van der Waals surface area contributed by atoms with Gasteiger partial charge in [0.05, 0.1) is 25.4 Å². The number of carboxylic acid groups (broad SMARTS) is 1. The van der Waals surface area contributed by atoms with Crippen molar-refractivity contribution in [2.75, 3.05) is 69.8 Å². The molecule has 1 aromatic carbocycles. The molecule has 0 aliphatic carbocycles. The molecule has 11 atom stereocenters. The van der Waals surface area contributed by atoms with Gasteiger partial charge in [0.1, 0.15) is 60.4 Å². The molecular formula is C67H115N31O17S2. The summed E-state index contributed by atoms with van der Waals surface area (Å²) in [5, 5.41) is 82.9. The van der Waals surface area contributed by atoms with Gasteiger partial charge in [-0.3, -0.25) is 84.0 Å². The van der Waals surface area contributed by atoms with E-state index in [-0.39, 0.29) is 159 Å². The van der Waals surface area contributed by atoms with Crippen molar-refractivity contribution in [3.63, 3.8) is 0 Å². The molecule has 2 rings (SSSR count). The van der Waals surface area contributed by atoms with Crippen LogP contribution in [0.15, 0.2) is 30.5 Å². The third-order valence-corrected chi connectivity index (χ3v) is 18.4. The van der Waals surface area contributed by atoms with Crippen LogP contribution in [0.1, 0.15) is 108 Å². The summed E-state index contributed by atoms with van der Waals surface area (Å²) in [4.78, 5) is 220. The summed E-state index contributed by atoms with van der Waals surface area (Å²) in [7, 11) is 0. The largest absolute Gasteiger partial charge is 0.480 e. The number of aromatic amines is 1. The van der Waals surface area contributed by atoms with Crippen LogP contribution in [-0.4, -0.2) is 265 Å². The summed E-state index contributed by atoms with van der Waals surface area (Å²) >= 11 is 2.51. The smallest absolute Gasteiger partial charge is 0.326 e. The molecule has 0 aliphatic rings. The fourth-order valence-electron chi connectivity index (χ4n) is 11.2. The highest BCUT2D eigenvalue weighted by Gasteiger charge is 2.37. The lowest BCUT2D eigenvalue weighted by atomic mass is 10.0. The maximum absolute atomic E-state index is 15.1. The number of aromatic nitrogens is 1. The van der Waals surface area contributed by atoms with Crippen LogP contribution in [0.5, 0.6) is 0 Å². The van der Waals surface area contributed by atoms with Crippen LogP contribution in [0, 0.1) is 21.6 Å². The Hall–Kier alpha value is -12.4. The van der Waals surface area contributed by atoms with Gasteiger partial charge in [-0.1, -0.05) is 18.2 Å². The number of nitrogens with two attached hydrogens (primary N) is 9. The predicted octanol–water partition coefficient (Wildman–Crippen LogP) is -9.71. The van der Waals surface area contributed by atoms with E-state index in [0.717, 1.165) is 0 Å². The maximum atomic E-state index is 15.1. The van der Waals surface area contributed by atoms with E-state index in [1.165, 1.54) is 23.5 Å². The molecule has 41 N–H and O–H groups in total. The highest BCUT2D eigenvalue weighted by atomic mass is 32.2. The number of nitrogens with one attached hydrogen (secondary N) is 22. The first-order chi connectivity index (χ1) is 55.3. The quantitative estimate of drug-likeness (QED) is 0.0166. The fraction of sp³-hybridized carbons (Fsp3) is 0.582. The number of rotatable bonds is 59. The number of urea groups is 2. The van der Waals surface area contributed by atoms with Gasteiger partial charge >= 0.3 is 18.0 Å². The Morgan fingerprint density at radius 2 is 0.684 bits per heavy atom. The van der Waals surface area contributed by atoms with Gasteiger partial charge in [0.2, 0.25) is 76.8 Å². The number of amides is 17. The Morgan fingerprint density at radius 1 is 0.376 bits per heavy atom. The molecule has 17 amide bonds. The molecule has 0 radical (unpaired) electrons. The molecule has 50 heteroatoms. The van der Waals surface area contributed by atoms with Crippen LogP contribution in [-0.2, 0) is 73.5 Å². The number of aliphatic carboxylic acids is 1. The van der Waals surface area contributed by atoms with Crippen molar-refractivity contribution in [1.29, 1.82) is 21.6 Å². The molecule has 0 saturated heterocycles. The van der Waals surface area contributed by atoms with Gasteiger partial charge in [-0.2, -0.15) is 23.5 Å². The Balaban J connectivity index is 2.68. The number of H-pyrrole nitrogens is 1. The molecule has 1 aromatic heterocycles. The first kappa shape index (κ1) is 101. The molecule has 0 aliphatic heterocycles. The van der Waals surface area contributed by atoms with Crippen LogP contribution in [0.2, 0.25) is 0 Å². The molecule has 48 nitrogen and oxygen atoms in total. The summed E-state index contributed by atoms with van der Waals surface area (Å²) in [5.41, 5.74) is 50.4.